The first-order valence-electron chi connectivity index (χ1n) is 11.1. The van der Waals surface area contributed by atoms with Crippen molar-refractivity contribution in [2.45, 2.75) is 12.7 Å². The average Bonchev–Trinajstić information content (AvgIpc) is 2.90. The summed E-state index contributed by atoms with van der Waals surface area (Å²) in [6.45, 7) is 0.493. The van der Waals surface area contributed by atoms with E-state index >= 15 is 0 Å². The molecule has 8 nitrogen and oxygen atoms in total. The number of methoxy groups -OCH3 is 2. The van der Waals surface area contributed by atoms with Gasteiger partial charge in [0.25, 0.3) is 0 Å². The van der Waals surface area contributed by atoms with E-state index in [1.807, 2.05) is 30.1 Å². The summed E-state index contributed by atoms with van der Waals surface area (Å²) < 4.78 is 50.2. The van der Waals surface area contributed by atoms with E-state index in [1.165, 1.54) is 7.11 Å². The molecule has 0 atom stereocenters. The first-order chi connectivity index (χ1) is 18.2. The molecule has 0 fully saturated rings. The highest BCUT2D eigenvalue weighted by Crippen LogP contribution is 2.41. The lowest BCUT2D eigenvalue weighted by atomic mass is 10.1. The number of terminal acetylenes is 1. The summed E-state index contributed by atoms with van der Waals surface area (Å²) in [6, 6.07) is 11.9. The second-order valence-electron chi connectivity index (χ2n) is 7.67. The van der Waals surface area contributed by atoms with Gasteiger partial charge in [0.1, 0.15) is 17.3 Å². The zero-order chi connectivity index (χ0) is 28.3. The van der Waals surface area contributed by atoms with E-state index in [0.717, 1.165) is 36.2 Å². The maximum absolute atomic E-state index is 13.4. The van der Waals surface area contributed by atoms with E-state index in [4.69, 9.17) is 9.47 Å². The van der Waals surface area contributed by atoms with Crippen molar-refractivity contribution in [3.63, 3.8) is 0 Å². The number of aromatic nitrogens is 1. The maximum atomic E-state index is 13.4. The predicted molar refractivity (Wildman–Crippen MR) is 142 cm³/mol. The lowest BCUT2D eigenvalue weighted by Gasteiger charge is -2.22. The number of rotatable bonds is 7. The molecule has 0 spiro atoms. The van der Waals surface area contributed by atoms with Crippen LogP contribution < -0.4 is 20.1 Å². The fourth-order valence-electron chi connectivity index (χ4n) is 3.62. The Morgan fingerprint density at radius 1 is 1.03 bits per heavy atom. The van der Waals surface area contributed by atoms with Crippen LogP contribution in [0.4, 0.5) is 29.3 Å². The zero-order valence-electron chi connectivity index (χ0n) is 21.3. The van der Waals surface area contributed by atoms with E-state index in [9.17, 15) is 18.0 Å². The highest BCUT2D eigenvalue weighted by atomic mass is 19.4. The largest absolute Gasteiger partial charge is 0.496 e. The number of benzene rings is 2. The number of pyridine rings is 1. The Bertz CT molecular complexity index is 1280. The van der Waals surface area contributed by atoms with Gasteiger partial charge in [-0.1, -0.05) is 12.1 Å². The molecule has 0 aliphatic rings. The van der Waals surface area contributed by atoms with Gasteiger partial charge in [0.2, 0.25) is 0 Å². The Kier molecular flexibility index (Phi) is 10.5. The van der Waals surface area contributed by atoms with E-state index in [1.54, 1.807) is 37.6 Å². The number of hydrogen-bond donors (Lipinski definition) is 2. The van der Waals surface area contributed by atoms with Crippen molar-refractivity contribution in [2.75, 3.05) is 38.9 Å². The van der Waals surface area contributed by atoms with Gasteiger partial charge in [-0.05, 0) is 35.9 Å². The molecule has 0 unspecified atom stereocenters. The van der Waals surface area contributed by atoms with Gasteiger partial charge in [-0.15, -0.1) is 12.8 Å². The number of nitrogens with zero attached hydrogens (tertiary/aromatic N) is 3. The van der Waals surface area contributed by atoms with E-state index in [-0.39, 0.29) is 11.4 Å². The number of alkyl halides is 3. The minimum atomic E-state index is -4.68. The summed E-state index contributed by atoms with van der Waals surface area (Å²) in [6.07, 6.45) is 6.70. The van der Waals surface area contributed by atoms with Gasteiger partial charge in [-0.25, -0.2) is 4.79 Å². The summed E-state index contributed by atoms with van der Waals surface area (Å²) in [7, 11) is 6.00. The van der Waals surface area contributed by atoms with Gasteiger partial charge in [-0.3, -0.25) is 9.98 Å². The Hall–Kier alpha value is -4.72. The van der Waals surface area contributed by atoms with Crippen molar-refractivity contribution in [3.8, 4) is 24.3 Å². The number of halogens is 3. The molecule has 0 radical (unpaired) electrons. The topological polar surface area (TPSA) is 88.1 Å². The Morgan fingerprint density at radius 3 is 2.26 bits per heavy atom. The van der Waals surface area contributed by atoms with Gasteiger partial charge in [0, 0.05) is 50.4 Å². The molecule has 0 bridgehead atoms. The molecule has 0 aliphatic carbocycles. The zero-order valence-corrected chi connectivity index (χ0v) is 21.3. The average molecular weight is 528 g/mol. The smallest absolute Gasteiger partial charge is 0.420 e. The standard InChI is InChI=1S/C25H26F3N5O3.C2H2/c1-29-23(17-8-10-30-11-9-17)33(2)15-16-6-5-7-18(12-16)31-24(34)32-20-13-19(25(26,27)28)21(35-3)14-22(20)36-4;1-2/h5-14H,15H2,1-4H3,(H2,31,32,34);1-2H. The molecule has 1 aromatic heterocycles. The third-order valence-corrected chi connectivity index (χ3v) is 5.19. The van der Waals surface area contributed by atoms with Crippen LogP contribution in [0.15, 0.2) is 65.9 Å². The molecule has 11 heteroatoms. The SMILES string of the molecule is C#C.CN=C(c1ccncc1)N(C)Cc1cccc(NC(=O)Nc2cc(C(F)(F)F)c(OC)cc2OC)c1. The summed E-state index contributed by atoms with van der Waals surface area (Å²) >= 11 is 0. The minimum absolute atomic E-state index is 0.0212. The molecule has 2 N–H and O–H groups in total. The molecule has 0 saturated carbocycles. The summed E-state index contributed by atoms with van der Waals surface area (Å²) in [5.41, 5.74) is 1.07. The van der Waals surface area contributed by atoms with Gasteiger partial charge >= 0.3 is 12.2 Å². The van der Waals surface area contributed by atoms with Crippen molar-refractivity contribution in [3.05, 3.63) is 77.6 Å². The van der Waals surface area contributed by atoms with Crippen LogP contribution >= 0.6 is 0 Å². The van der Waals surface area contributed by atoms with Crippen molar-refractivity contribution >= 4 is 23.2 Å². The Labute approximate surface area is 219 Å². The summed E-state index contributed by atoms with van der Waals surface area (Å²) in [4.78, 5) is 22.9. The van der Waals surface area contributed by atoms with Crippen LogP contribution in [0, 0.1) is 12.8 Å². The highest BCUT2D eigenvalue weighted by molar-refractivity contribution is 6.01. The lowest BCUT2D eigenvalue weighted by molar-refractivity contribution is -0.138. The number of amidine groups is 1. The van der Waals surface area contributed by atoms with Crippen LogP contribution in [0.1, 0.15) is 16.7 Å². The number of aliphatic imine (C=N–C) groups is 1. The van der Waals surface area contributed by atoms with Crippen LogP contribution in [-0.4, -0.2) is 50.1 Å². The number of carbonyl (C=O) groups excluding carboxylic acids is 1. The number of urea groups is 1. The van der Waals surface area contributed by atoms with Crippen LogP contribution in [0.25, 0.3) is 0 Å². The van der Waals surface area contributed by atoms with Crippen molar-refractivity contribution < 1.29 is 27.4 Å². The van der Waals surface area contributed by atoms with E-state index in [2.05, 4.69) is 33.5 Å². The number of ether oxygens (including phenoxy) is 2. The summed E-state index contributed by atoms with van der Waals surface area (Å²) in [5.74, 6) is 0.373. The van der Waals surface area contributed by atoms with Crippen molar-refractivity contribution in [1.82, 2.24) is 9.88 Å². The number of carbonyl (C=O) groups is 1. The molecule has 3 rings (SSSR count). The van der Waals surface area contributed by atoms with Crippen molar-refractivity contribution in [2.24, 2.45) is 4.99 Å². The number of anilines is 2. The maximum Gasteiger partial charge on any atom is 0.420 e. The van der Waals surface area contributed by atoms with Gasteiger partial charge in [0.05, 0.1) is 25.5 Å². The van der Waals surface area contributed by atoms with E-state index < -0.39 is 23.5 Å². The monoisotopic (exact) mass is 527 g/mol. The van der Waals surface area contributed by atoms with Gasteiger partial charge in [-0.2, -0.15) is 13.2 Å². The first kappa shape index (κ1) is 29.5. The van der Waals surface area contributed by atoms with Crippen LogP contribution in [-0.2, 0) is 12.7 Å². The number of hydrogen-bond acceptors (Lipinski definition) is 5. The third-order valence-electron chi connectivity index (χ3n) is 5.19. The third kappa shape index (κ3) is 7.64. The molecule has 2 aromatic carbocycles. The lowest BCUT2D eigenvalue weighted by Crippen LogP contribution is -2.27. The van der Waals surface area contributed by atoms with Crippen LogP contribution in [0.3, 0.4) is 0 Å². The number of nitrogens with one attached hydrogen (secondary N) is 2. The quantitative estimate of drug-likeness (QED) is 0.240. The van der Waals surface area contributed by atoms with Crippen molar-refractivity contribution in [1.29, 1.82) is 0 Å². The fraction of sp³-hybridized carbons (Fsp3) is 0.222. The summed E-state index contributed by atoms with van der Waals surface area (Å²) in [5, 5.41) is 5.06. The predicted octanol–water partition coefficient (Wildman–Crippen LogP) is 5.52. The molecule has 0 aliphatic heterocycles. The second kappa shape index (κ2) is 13.5. The first-order valence-corrected chi connectivity index (χ1v) is 11.1. The molecular weight excluding hydrogens is 499 g/mol. The van der Waals surface area contributed by atoms with Crippen LogP contribution in [0.2, 0.25) is 0 Å². The molecule has 200 valence electrons. The fourth-order valence-corrected chi connectivity index (χ4v) is 3.62. The molecule has 3 aromatic rings. The molecular formula is C27H28F3N5O3. The van der Waals surface area contributed by atoms with Gasteiger partial charge < -0.3 is 25.0 Å². The minimum Gasteiger partial charge on any atom is -0.496 e. The molecule has 1 heterocycles. The molecule has 38 heavy (non-hydrogen) atoms. The Balaban J connectivity index is 0.00000247. The molecule has 2 amide bonds. The van der Waals surface area contributed by atoms with E-state index in [0.29, 0.717) is 12.2 Å². The normalized spacial score (nSPS) is 11.0. The second-order valence-corrected chi connectivity index (χ2v) is 7.67. The van der Waals surface area contributed by atoms with Crippen LogP contribution in [0.5, 0.6) is 11.5 Å². The van der Waals surface area contributed by atoms with Gasteiger partial charge in [0.15, 0.2) is 0 Å². The highest BCUT2D eigenvalue weighted by Gasteiger charge is 2.35. The molecule has 0 saturated heterocycles. The Morgan fingerprint density at radius 2 is 1.68 bits per heavy atom. The number of amides is 2.